The number of amides is 1. The third kappa shape index (κ3) is 0.776. The van der Waals surface area contributed by atoms with Gasteiger partial charge in [-0.25, -0.2) is 0 Å². The summed E-state index contributed by atoms with van der Waals surface area (Å²) in [5, 5.41) is 0. The van der Waals surface area contributed by atoms with Gasteiger partial charge in [0.15, 0.2) is 0 Å². The van der Waals surface area contributed by atoms with Crippen LogP contribution in [0.1, 0.15) is 6.42 Å². The number of hydrogen-bond donors (Lipinski definition) is 0. The minimum atomic E-state index is 0.0833. The molecule has 3 heteroatoms. The van der Waals surface area contributed by atoms with Crippen LogP contribution in [0.4, 0.5) is 0 Å². The largest absolute Gasteiger partial charge is 0.346 e. The van der Waals surface area contributed by atoms with Crippen LogP contribution in [0.15, 0.2) is 0 Å². The lowest BCUT2D eigenvalue weighted by molar-refractivity contribution is -0.126. The Kier molecular flexibility index (Phi) is 1.38. The summed E-state index contributed by atoms with van der Waals surface area (Å²) in [6.45, 7) is 0.896. The quantitative estimate of drug-likeness (QED) is 0.412. The molecule has 0 bridgehead atoms. The smallest absolute Gasteiger partial charge is 0.221 e. The van der Waals surface area contributed by atoms with Crippen molar-refractivity contribution < 1.29 is 4.79 Å². The average molecular weight is 126 g/mol. The molecule has 1 rings (SSSR count). The normalized spacial score (nSPS) is 29.5. The molecule has 43 valence electrons. The summed E-state index contributed by atoms with van der Waals surface area (Å²) in [6.07, 6.45) is 0.951. The van der Waals surface area contributed by atoms with Gasteiger partial charge in [0.05, 0.1) is 0 Å². The van der Waals surface area contributed by atoms with Crippen LogP contribution < -0.4 is 0 Å². The van der Waals surface area contributed by atoms with Crippen molar-refractivity contribution in [1.29, 1.82) is 0 Å². The standard InChI is InChI=1S/C5H8NOSi/c1-6-3-2-4(8)5(6)7/h4H,2-3H2,1H3. The Morgan fingerprint density at radius 2 is 2.50 bits per heavy atom. The molecule has 0 aromatic carbocycles. The molecule has 1 amide bonds. The second kappa shape index (κ2) is 1.89. The van der Waals surface area contributed by atoms with E-state index in [4.69, 9.17) is 0 Å². The van der Waals surface area contributed by atoms with Crippen LogP contribution in [0.3, 0.4) is 0 Å². The molecule has 1 unspecified atom stereocenters. The lowest BCUT2D eigenvalue weighted by Gasteiger charge is -2.05. The van der Waals surface area contributed by atoms with E-state index >= 15 is 0 Å². The molecule has 1 saturated heterocycles. The van der Waals surface area contributed by atoms with Gasteiger partial charge in [-0.3, -0.25) is 4.79 Å². The summed E-state index contributed by atoms with van der Waals surface area (Å²) in [4.78, 5) is 12.5. The number of carbonyl (C=O) groups is 1. The van der Waals surface area contributed by atoms with Crippen molar-refractivity contribution in [3.63, 3.8) is 0 Å². The second-order valence-electron chi connectivity index (χ2n) is 2.10. The first-order chi connectivity index (χ1) is 3.72. The first-order valence-electron chi connectivity index (χ1n) is 2.68. The van der Waals surface area contributed by atoms with E-state index in [0.717, 1.165) is 13.0 Å². The van der Waals surface area contributed by atoms with Crippen LogP contribution in [-0.2, 0) is 4.79 Å². The molecular weight excluding hydrogens is 118 g/mol. The molecule has 1 aliphatic heterocycles. The van der Waals surface area contributed by atoms with E-state index in [0.29, 0.717) is 0 Å². The minimum absolute atomic E-state index is 0.0833. The highest BCUT2D eigenvalue weighted by Crippen LogP contribution is 2.16. The van der Waals surface area contributed by atoms with Crippen LogP contribution in [-0.4, -0.2) is 34.6 Å². The number of rotatable bonds is 0. The van der Waals surface area contributed by atoms with Crippen molar-refractivity contribution >= 4 is 16.1 Å². The lowest BCUT2D eigenvalue weighted by atomic mass is 10.4. The zero-order valence-corrected chi connectivity index (χ0v) is 5.85. The van der Waals surface area contributed by atoms with Gasteiger partial charge >= 0.3 is 0 Å². The van der Waals surface area contributed by atoms with Crippen molar-refractivity contribution in [2.24, 2.45) is 0 Å². The van der Waals surface area contributed by atoms with Crippen molar-refractivity contribution in [3.8, 4) is 0 Å². The van der Waals surface area contributed by atoms with Crippen LogP contribution in [0, 0.1) is 0 Å². The summed E-state index contributed by atoms with van der Waals surface area (Å²) < 4.78 is 0. The Balaban J connectivity index is 2.57. The van der Waals surface area contributed by atoms with E-state index in [2.05, 4.69) is 10.2 Å². The minimum Gasteiger partial charge on any atom is -0.346 e. The van der Waals surface area contributed by atoms with Crippen LogP contribution in [0.25, 0.3) is 0 Å². The maximum atomic E-state index is 10.8. The van der Waals surface area contributed by atoms with Crippen LogP contribution >= 0.6 is 0 Å². The molecule has 0 saturated carbocycles. The molecule has 1 atom stereocenters. The molecule has 3 radical (unpaired) electrons. The van der Waals surface area contributed by atoms with Gasteiger partial charge in [-0.1, -0.05) is 0 Å². The predicted molar refractivity (Wildman–Crippen MR) is 31.8 cm³/mol. The Hall–Kier alpha value is -0.313. The highest BCUT2D eigenvalue weighted by molar-refractivity contribution is 6.24. The topological polar surface area (TPSA) is 20.3 Å². The highest BCUT2D eigenvalue weighted by Gasteiger charge is 2.23. The van der Waals surface area contributed by atoms with Crippen molar-refractivity contribution in [3.05, 3.63) is 0 Å². The third-order valence-electron chi connectivity index (χ3n) is 1.43. The molecule has 1 aliphatic rings. The molecule has 0 N–H and O–H groups in total. The van der Waals surface area contributed by atoms with E-state index in [9.17, 15) is 4.79 Å². The molecule has 0 aromatic rings. The van der Waals surface area contributed by atoms with E-state index in [1.54, 1.807) is 4.90 Å². The summed E-state index contributed by atoms with van der Waals surface area (Å²) >= 11 is 0. The zero-order chi connectivity index (χ0) is 6.15. The zero-order valence-electron chi connectivity index (χ0n) is 4.85. The highest BCUT2D eigenvalue weighted by atomic mass is 28.1. The van der Waals surface area contributed by atoms with E-state index < -0.39 is 0 Å². The van der Waals surface area contributed by atoms with E-state index in [-0.39, 0.29) is 11.4 Å². The molecule has 1 heterocycles. The monoisotopic (exact) mass is 126 g/mol. The fourth-order valence-electron chi connectivity index (χ4n) is 0.822. The molecule has 8 heavy (non-hydrogen) atoms. The van der Waals surface area contributed by atoms with Gasteiger partial charge in [-0.15, -0.1) is 0 Å². The second-order valence-corrected chi connectivity index (χ2v) is 2.80. The molecule has 0 aliphatic carbocycles. The van der Waals surface area contributed by atoms with Crippen LogP contribution in [0.5, 0.6) is 0 Å². The van der Waals surface area contributed by atoms with Crippen molar-refractivity contribution in [1.82, 2.24) is 4.90 Å². The first kappa shape index (κ1) is 5.82. The fourth-order valence-corrected chi connectivity index (χ4v) is 1.17. The average Bonchev–Trinajstić information content (AvgIpc) is 1.98. The molecule has 2 nitrogen and oxygen atoms in total. The van der Waals surface area contributed by atoms with Gasteiger partial charge < -0.3 is 4.90 Å². The number of likely N-dealkylation sites (tertiary alicyclic amines) is 1. The summed E-state index contributed by atoms with van der Waals surface area (Å²) in [5.74, 6) is 0.210. The summed E-state index contributed by atoms with van der Waals surface area (Å²) in [7, 11) is 5.12. The lowest BCUT2D eigenvalue weighted by Crippen LogP contribution is -2.20. The van der Waals surface area contributed by atoms with E-state index in [1.165, 1.54) is 0 Å². The maximum Gasteiger partial charge on any atom is 0.221 e. The SMILES string of the molecule is CN1CCC([Si])C1=O. The van der Waals surface area contributed by atoms with Crippen molar-refractivity contribution in [2.75, 3.05) is 13.6 Å². The molecule has 1 fully saturated rings. The van der Waals surface area contributed by atoms with E-state index in [1.807, 2.05) is 7.05 Å². The molecular formula is C5H8NOSi. The fraction of sp³-hybridized carbons (Fsp3) is 0.800. The van der Waals surface area contributed by atoms with Gasteiger partial charge in [0.2, 0.25) is 5.91 Å². The molecule has 0 spiro atoms. The first-order valence-corrected chi connectivity index (χ1v) is 3.25. The Bertz CT molecular complexity index is 103. The maximum absolute atomic E-state index is 10.8. The third-order valence-corrected chi connectivity index (χ3v) is 1.96. The van der Waals surface area contributed by atoms with Gasteiger partial charge in [-0.2, -0.15) is 0 Å². The van der Waals surface area contributed by atoms with Gasteiger partial charge in [0.1, 0.15) is 0 Å². The van der Waals surface area contributed by atoms with Gasteiger partial charge in [0, 0.05) is 29.4 Å². The van der Waals surface area contributed by atoms with Crippen molar-refractivity contribution in [2.45, 2.75) is 12.0 Å². The number of carbonyl (C=O) groups excluding carboxylic acids is 1. The number of hydrogen-bond acceptors (Lipinski definition) is 1. The van der Waals surface area contributed by atoms with Gasteiger partial charge in [-0.05, 0) is 6.42 Å². The summed E-state index contributed by atoms with van der Waals surface area (Å²) in [6, 6.07) is 0. The van der Waals surface area contributed by atoms with Crippen LogP contribution in [0.2, 0.25) is 5.54 Å². The summed E-state index contributed by atoms with van der Waals surface area (Å²) in [5.41, 5.74) is 0.0833. The Morgan fingerprint density at radius 3 is 2.62 bits per heavy atom. The molecule has 0 aromatic heterocycles. The number of nitrogens with zero attached hydrogens (tertiary/aromatic N) is 1. The predicted octanol–water partition coefficient (Wildman–Crippen LogP) is -0.195. The Labute approximate surface area is 52.3 Å². The van der Waals surface area contributed by atoms with Gasteiger partial charge in [0.25, 0.3) is 0 Å². The Morgan fingerprint density at radius 1 is 1.88 bits per heavy atom.